The van der Waals surface area contributed by atoms with Crippen molar-refractivity contribution in [1.82, 2.24) is 14.5 Å². The normalized spacial score (nSPS) is 19.4. The van der Waals surface area contributed by atoms with Gasteiger partial charge in [-0.2, -0.15) is 13.2 Å². The Morgan fingerprint density at radius 3 is 2.52 bits per heavy atom. The van der Waals surface area contributed by atoms with E-state index in [9.17, 15) is 22.4 Å². The summed E-state index contributed by atoms with van der Waals surface area (Å²) in [6.45, 7) is 1.43. The Morgan fingerprint density at radius 2 is 1.97 bits per heavy atom. The summed E-state index contributed by atoms with van der Waals surface area (Å²) in [6, 6.07) is 6.61. The van der Waals surface area contributed by atoms with Crippen molar-refractivity contribution in [3.05, 3.63) is 48.2 Å². The standard InChI is InChI=1S/C17H18FN3O2S.C2HF3O2/c1-20-7-3-5-14(20)16(22)21-10-17(11-21)8-12(9-24-17)23-15-13(18)4-2-6-19-15;3-2(4,5)1(6)7/h2-7,12H,8-11H2,1H3;(H,6,7). The summed E-state index contributed by atoms with van der Waals surface area (Å²) in [5.41, 5.74) is 0.705. The maximum atomic E-state index is 13.6. The molecule has 1 N–H and O–H groups in total. The molecular weight excluding hydrogens is 442 g/mol. The number of ether oxygens (including phenoxy) is 1. The Labute approximate surface area is 179 Å². The minimum Gasteiger partial charge on any atom is -0.475 e. The number of likely N-dealkylation sites (tertiary alicyclic amines) is 1. The summed E-state index contributed by atoms with van der Waals surface area (Å²) in [4.78, 5) is 27.2. The lowest BCUT2D eigenvalue weighted by atomic mass is 9.92. The van der Waals surface area contributed by atoms with Gasteiger partial charge < -0.3 is 19.3 Å². The van der Waals surface area contributed by atoms with E-state index in [0.717, 1.165) is 12.2 Å². The molecule has 0 aromatic carbocycles. The number of carbonyl (C=O) groups excluding carboxylic acids is 1. The number of alkyl halides is 3. The highest BCUT2D eigenvalue weighted by molar-refractivity contribution is 8.01. The van der Waals surface area contributed by atoms with Crippen LogP contribution in [0.25, 0.3) is 0 Å². The number of hydrogen-bond donors (Lipinski definition) is 1. The van der Waals surface area contributed by atoms with Gasteiger partial charge in [0.2, 0.25) is 0 Å². The molecule has 31 heavy (non-hydrogen) atoms. The molecule has 12 heteroatoms. The van der Waals surface area contributed by atoms with Crippen molar-refractivity contribution in [3.63, 3.8) is 0 Å². The average Bonchev–Trinajstić information content (AvgIpc) is 3.28. The molecule has 168 valence electrons. The molecule has 2 aliphatic heterocycles. The maximum Gasteiger partial charge on any atom is 0.490 e. The van der Waals surface area contributed by atoms with Gasteiger partial charge >= 0.3 is 12.1 Å². The van der Waals surface area contributed by atoms with Gasteiger partial charge in [0, 0.05) is 44.7 Å². The van der Waals surface area contributed by atoms with E-state index in [0.29, 0.717) is 18.8 Å². The predicted octanol–water partition coefficient (Wildman–Crippen LogP) is 2.97. The fraction of sp³-hybridized carbons (Fsp3) is 0.421. The topological polar surface area (TPSA) is 84.7 Å². The minimum atomic E-state index is -5.08. The number of aliphatic carboxylic acids is 1. The van der Waals surface area contributed by atoms with Gasteiger partial charge in [0.15, 0.2) is 5.82 Å². The second-order valence-electron chi connectivity index (χ2n) is 7.20. The zero-order chi connectivity index (χ0) is 22.8. The van der Waals surface area contributed by atoms with Crippen LogP contribution in [0.2, 0.25) is 0 Å². The molecule has 2 saturated heterocycles. The first kappa shape index (κ1) is 22.9. The summed E-state index contributed by atoms with van der Waals surface area (Å²) < 4.78 is 53.0. The summed E-state index contributed by atoms with van der Waals surface area (Å²) in [6.07, 6.45) is -0.935. The number of carbonyl (C=O) groups is 2. The van der Waals surface area contributed by atoms with Crippen LogP contribution in [0.1, 0.15) is 16.9 Å². The largest absolute Gasteiger partial charge is 0.490 e. The lowest BCUT2D eigenvalue weighted by Crippen LogP contribution is -2.61. The number of rotatable bonds is 3. The molecule has 2 aromatic heterocycles. The molecule has 4 heterocycles. The maximum absolute atomic E-state index is 13.6. The van der Waals surface area contributed by atoms with E-state index in [4.69, 9.17) is 14.6 Å². The van der Waals surface area contributed by atoms with E-state index in [2.05, 4.69) is 4.98 Å². The molecule has 0 saturated carbocycles. The van der Waals surface area contributed by atoms with E-state index < -0.39 is 18.0 Å². The van der Waals surface area contributed by atoms with Crippen molar-refractivity contribution in [2.45, 2.75) is 23.4 Å². The van der Waals surface area contributed by atoms with Gasteiger partial charge in [0.1, 0.15) is 11.8 Å². The van der Waals surface area contributed by atoms with Crippen LogP contribution < -0.4 is 4.74 Å². The number of carboxylic acids is 1. The van der Waals surface area contributed by atoms with Gasteiger partial charge in [-0.25, -0.2) is 14.2 Å². The van der Waals surface area contributed by atoms with E-state index in [-0.39, 0.29) is 22.6 Å². The lowest BCUT2D eigenvalue weighted by Gasteiger charge is -2.47. The van der Waals surface area contributed by atoms with E-state index in [1.165, 1.54) is 12.3 Å². The Balaban J connectivity index is 0.000000339. The van der Waals surface area contributed by atoms with Gasteiger partial charge in [-0.05, 0) is 24.3 Å². The molecule has 2 fully saturated rings. The van der Waals surface area contributed by atoms with Crippen molar-refractivity contribution >= 4 is 23.6 Å². The smallest absolute Gasteiger partial charge is 0.475 e. The molecule has 1 amide bonds. The van der Waals surface area contributed by atoms with Crippen molar-refractivity contribution in [3.8, 4) is 5.88 Å². The first-order chi connectivity index (χ1) is 14.5. The zero-order valence-electron chi connectivity index (χ0n) is 16.3. The number of aryl methyl sites for hydroxylation is 1. The van der Waals surface area contributed by atoms with Crippen LogP contribution in [0.5, 0.6) is 5.88 Å². The first-order valence-electron chi connectivity index (χ1n) is 9.13. The van der Waals surface area contributed by atoms with Crippen LogP contribution in [0.15, 0.2) is 36.7 Å². The molecule has 2 aliphatic rings. The number of pyridine rings is 1. The van der Waals surface area contributed by atoms with Crippen molar-refractivity contribution in [2.75, 3.05) is 18.8 Å². The SMILES string of the molecule is Cn1cccc1C(=O)N1CC2(CC(Oc3ncccc3F)CS2)C1.O=C(O)C(F)(F)F. The van der Waals surface area contributed by atoms with Crippen LogP contribution >= 0.6 is 11.8 Å². The van der Waals surface area contributed by atoms with Crippen LogP contribution in [0.3, 0.4) is 0 Å². The van der Waals surface area contributed by atoms with Crippen molar-refractivity contribution < 1.29 is 37.0 Å². The first-order valence-corrected chi connectivity index (χ1v) is 10.1. The Bertz CT molecular complexity index is 960. The highest BCUT2D eigenvalue weighted by Crippen LogP contribution is 2.46. The monoisotopic (exact) mass is 461 g/mol. The summed E-state index contributed by atoms with van der Waals surface area (Å²) in [5, 5.41) is 7.12. The number of nitrogens with zero attached hydrogens (tertiary/aromatic N) is 3. The Morgan fingerprint density at radius 1 is 1.29 bits per heavy atom. The fourth-order valence-corrected chi connectivity index (χ4v) is 4.88. The number of thioether (sulfide) groups is 1. The third-order valence-corrected chi connectivity index (χ3v) is 6.40. The third-order valence-electron chi connectivity index (χ3n) is 4.83. The molecule has 0 aliphatic carbocycles. The minimum absolute atomic E-state index is 0.0384. The number of hydrogen-bond acceptors (Lipinski definition) is 5. The number of halogens is 4. The van der Waals surface area contributed by atoms with Crippen LogP contribution in [-0.4, -0.2) is 67.3 Å². The summed E-state index contributed by atoms with van der Waals surface area (Å²) >= 11 is 1.81. The molecule has 0 radical (unpaired) electrons. The van der Waals surface area contributed by atoms with E-state index >= 15 is 0 Å². The predicted molar refractivity (Wildman–Crippen MR) is 103 cm³/mol. The Kier molecular flexibility index (Phi) is 6.48. The highest BCUT2D eigenvalue weighted by atomic mass is 32.2. The number of amides is 1. The zero-order valence-corrected chi connectivity index (χ0v) is 17.1. The van der Waals surface area contributed by atoms with E-state index in [1.54, 1.807) is 6.07 Å². The second-order valence-corrected chi connectivity index (χ2v) is 8.68. The molecule has 1 spiro atoms. The van der Waals surface area contributed by atoms with Gasteiger partial charge in [0.05, 0.1) is 4.75 Å². The quantitative estimate of drug-likeness (QED) is 0.708. The van der Waals surface area contributed by atoms with Crippen LogP contribution in [-0.2, 0) is 11.8 Å². The van der Waals surface area contributed by atoms with E-state index in [1.807, 2.05) is 46.6 Å². The van der Waals surface area contributed by atoms with Gasteiger partial charge in [-0.15, -0.1) is 11.8 Å². The third kappa shape index (κ3) is 5.30. The highest BCUT2D eigenvalue weighted by Gasteiger charge is 2.51. The molecular formula is C19H19F4N3O4S. The molecule has 4 rings (SSSR count). The molecule has 7 nitrogen and oxygen atoms in total. The number of carboxylic acid groups (broad SMARTS) is 1. The van der Waals surface area contributed by atoms with Gasteiger partial charge in [-0.3, -0.25) is 4.79 Å². The van der Waals surface area contributed by atoms with Crippen LogP contribution in [0.4, 0.5) is 17.6 Å². The van der Waals surface area contributed by atoms with Crippen molar-refractivity contribution in [2.24, 2.45) is 7.05 Å². The second kappa shape index (κ2) is 8.77. The molecule has 1 unspecified atom stereocenters. The molecule has 2 aromatic rings. The lowest BCUT2D eigenvalue weighted by molar-refractivity contribution is -0.192. The average molecular weight is 461 g/mol. The van der Waals surface area contributed by atoms with Crippen LogP contribution in [0, 0.1) is 5.82 Å². The van der Waals surface area contributed by atoms with Crippen molar-refractivity contribution in [1.29, 1.82) is 0 Å². The summed E-state index contributed by atoms with van der Waals surface area (Å²) in [7, 11) is 1.87. The summed E-state index contributed by atoms with van der Waals surface area (Å²) in [5.74, 6) is -2.27. The van der Waals surface area contributed by atoms with Gasteiger partial charge in [-0.1, -0.05) is 0 Å². The van der Waals surface area contributed by atoms with Gasteiger partial charge in [0.25, 0.3) is 11.8 Å². The molecule has 0 bridgehead atoms. The molecule has 1 atom stereocenters. The number of aromatic nitrogens is 2. The Hall–Kier alpha value is -2.76. The fourth-order valence-electron chi connectivity index (χ4n) is 3.35.